The minimum atomic E-state index is -3.35. The van der Waals surface area contributed by atoms with Crippen molar-refractivity contribution in [1.82, 2.24) is 14.9 Å². The molecule has 0 spiro atoms. The summed E-state index contributed by atoms with van der Waals surface area (Å²) in [5, 5.41) is 6.61. The highest BCUT2D eigenvalue weighted by atomic mass is 127. The van der Waals surface area contributed by atoms with Gasteiger partial charge in [-0.05, 0) is 30.9 Å². The summed E-state index contributed by atoms with van der Waals surface area (Å²) in [6.07, 6.45) is 9.44. The zero-order chi connectivity index (χ0) is 19.0. The Kier molecular flexibility index (Phi) is 11.2. The number of aliphatic imine (C=N–C) groups is 1. The fourth-order valence-electron chi connectivity index (χ4n) is 3.24. The molecule has 0 amide bonds. The molecule has 2 rings (SSSR count). The van der Waals surface area contributed by atoms with Crippen LogP contribution in [0.2, 0.25) is 0 Å². The predicted octanol–water partition coefficient (Wildman–Crippen LogP) is 3.64. The molecular formula is C18H33IN4O2S2. The van der Waals surface area contributed by atoms with Crippen LogP contribution in [0.15, 0.2) is 21.3 Å². The predicted molar refractivity (Wildman–Crippen MR) is 125 cm³/mol. The second-order valence-electron chi connectivity index (χ2n) is 7.01. The van der Waals surface area contributed by atoms with E-state index in [-0.39, 0.29) is 24.0 Å². The zero-order valence-electron chi connectivity index (χ0n) is 16.5. The lowest BCUT2D eigenvalue weighted by atomic mass is 9.86. The van der Waals surface area contributed by atoms with Crippen molar-refractivity contribution >= 4 is 51.3 Å². The fraction of sp³-hybridized carbons (Fsp3) is 0.722. The van der Waals surface area contributed by atoms with Crippen LogP contribution in [0, 0.1) is 5.92 Å². The van der Waals surface area contributed by atoms with Crippen molar-refractivity contribution in [2.75, 3.05) is 27.7 Å². The summed E-state index contributed by atoms with van der Waals surface area (Å²) in [5.74, 6) is 1.67. The number of sulfonamides is 1. The lowest BCUT2D eigenvalue weighted by Gasteiger charge is -2.21. The fourth-order valence-corrected chi connectivity index (χ4v) is 5.70. The largest absolute Gasteiger partial charge is 0.356 e. The van der Waals surface area contributed by atoms with Crippen molar-refractivity contribution in [3.63, 3.8) is 0 Å². The SMILES string of the molecule is CN=C(NCCCC1CCCCC1)NCc1ccc(S(=O)(=O)N(C)C)s1.I. The monoisotopic (exact) mass is 528 g/mol. The normalized spacial score (nSPS) is 16.2. The van der Waals surface area contributed by atoms with E-state index in [1.165, 1.54) is 54.2 Å². The average Bonchev–Trinajstić information content (AvgIpc) is 3.11. The van der Waals surface area contributed by atoms with Crippen LogP contribution in [-0.4, -0.2) is 46.4 Å². The standard InChI is InChI=1S/C18H32N4O2S2.HI/c1-19-18(20-13-7-10-15-8-5-4-6-9-15)21-14-16-11-12-17(25-16)26(23,24)22(2)3;/h11-12,15H,4-10,13-14H2,1-3H3,(H2,19,20,21);1H. The number of halogens is 1. The van der Waals surface area contributed by atoms with E-state index in [1.807, 2.05) is 6.07 Å². The maximum absolute atomic E-state index is 12.1. The second-order valence-corrected chi connectivity index (χ2v) is 10.6. The van der Waals surface area contributed by atoms with Gasteiger partial charge in [0.05, 0.1) is 6.54 Å². The van der Waals surface area contributed by atoms with Gasteiger partial charge in [0.25, 0.3) is 10.0 Å². The van der Waals surface area contributed by atoms with Gasteiger partial charge in [-0.1, -0.05) is 32.1 Å². The smallest absolute Gasteiger partial charge is 0.252 e. The summed E-state index contributed by atoms with van der Waals surface area (Å²) in [5.41, 5.74) is 0. The number of hydrogen-bond acceptors (Lipinski definition) is 4. The van der Waals surface area contributed by atoms with Gasteiger partial charge in [-0.2, -0.15) is 0 Å². The van der Waals surface area contributed by atoms with E-state index in [4.69, 9.17) is 0 Å². The van der Waals surface area contributed by atoms with Crippen molar-refractivity contribution in [3.05, 3.63) is 17.0 Å². The molecule has 0 unspecified atom stereocenters. The molecule has 0 aromatic carbocycles. The minimum Gasteiger partial charge on any atom is -0.356 e. The molecule has 0 atom stereocenters. The molecule has 2 N–H and O–H groups in total. The Labute approximate surface area is 185 Å². The van der Waals surface area contributed by atoms with E-state index in [1.54, 1.807) is 27.2 Å². The number of nitrogens with zero attached hydrogens (tertiary/aromatic N) is 2. The lowest BCUT2D eigenvalue weighted by molar-refractivity contribution is 0.332. The lowest BCUT2D eigenvalue weighted by Crippen LogP contribution is -2.37. The molecule has 1 saturated carbocycles. The highest BCUT2D eigenvalue weighted by molar-refractivity contribution is 14.0. The molecule has 1 aromatic rings. The van der Waals surface area contributed by atoms with Gasteiger partial charge in [0.15, 0.2) is 5.96 Å². The summed E-state index contributed by atoms with van der Waals surface area (Å²) in [6, 6.07) is 3.52. The van der Waals surface area contributed by atoms with Crippen molar-refractivity contribution in [2.24, 2.45) is 10.9 Å². The van der Waals surface area contributed by atoms with Gasteiger partial charge < -0.3 is 10.6 Å². The molecule has 27 heavy (non-hydrogen) atoms. The number of thiophene rings is 1. The molecule has 0 bridgehead atoms. The van der Waals surface area contributed by atoms with Gasteiger partial charge in [-0.3, -0.25) is 4.99 Å². The quantitative estimate of drug-likeness (QED) is 0.234. The van der Waals surface area contributed by atoms with Crippen LogP contribution in [0.25, 0.3) is 0 Å². The molecule has 0 aliphatic heterocycles. The Morgan fingerprint density at radius 2 is 1.93 bits per heavy atom. The summed E-state index contributed by atoms with van der Waals surface area (Å²) >= 11 is 1.29. The molecule has 1 aliphatic rings. The first-order valence-electron chi connectivity index (χ1n) is 9.39. The number of hydrogen-bond donors (Lipinski definition) is 2. The summed E-state index contributed by atoms with van der Waals surface area (Å²) < 4.78 is 25.9. The van der Waals surface area contributed by atoms with E-state index in [0.717, 1.165) is 29.7 Å². The summed E-state index contributed by atoms with van der Waals surface area (Å²) in [4.78, 5) is 5.21. The van der Waals surface area contributed by atoms with E-state index in [0.29, 0.717) is 10.8 Å². The molecule has 1 heterocycles. The maximum atomic E-state index is 12.1. The molecule has 0 saturated heterocycles. The molecule has 1 aromatic heterocycles. The van der Waals surface area contributed by atoms with Gasteiger partial charge in [0, 0.05) is 32.6 Å². The first-order valence-corrected chi connectivity index (χ1v) is 11.6. The third-order valence-corrected chi connectivity index (χ3v) is 8.20. The van der Waals surface area contributed by atoms with Crippen LogP contribution in [0.5, 0.6) is 0 Å². The Morgan fingerprint density at radius 3 is 2.56 bits per heavy atom. The summed E-state index contributed by atoms with van der Waals surface area (Å²) in [6.45, 7) is 1.48. The second kappa shape index (κ2) is 12.2. The summed E-state index contributed by atoms with van der Waals surface area (Å²) in [7, 11) is 1.50. The van der Waals surface area contributed by atoms with E-state index < -0.39 is 10.0 Å². The van der Waals surface area contributed by atoms with Crippen molar-refractivity contribution in [1.29, 1.82) is 0 Å². The van der Waals surface area contributed by atoms with Crippen LogP contribution in [0.3, 0.4) is 0 Å². The zero-order valence-corrected chi connectivity index (χ0v) is 20.5. The average molecular weight is 529 g/mol. The highest BCUT2D eigenvalue weighted by Gasteiger charge is 2.19. The first kappa shape index (κ1) is 24.6. The van der Waals surface area contributed by atoms with E-state index in [2.05, 4.69) is 15.6 Å². The number of rotatable bonds is 8. The Morgan fingerprint density at radius 1 is 1.22 bits per heavy atom. The van der Waals surface area contributed by atoms with Crippen molar-refractivity contribution in [2.45, 2.75) is 55.7 Å². The van der Waals surface area contributed by atoms with Gasteiger partial charge in [0.1, 0.15) is 4.21 Å². The van der Waals surface area contributed by atoms with Gasteiger partial charge >= 0.3 is 0 Å². The third kappa shape index (κ3) is 7.86. The van der Waals surface area contributed by atoms with E-state index >= 15 is 0 Å². The Hall–Kier alpha value is -0.390. The molecule has 1 aliphatic carbocycles. The molecule has 156 valence electrons. The molecule has 6 nitrogen and oxygen atoms in total. The molecule has 9 heteroatoms. The molecular weight excluding hydrogens is 495 g/mol. The van der Waals surface area contributed by atoms with Gasteiger partial charge in [-0.15, -0.1) is 35.3 Å². The van der Waals surface area contributed by atoms with E-state index in [9.17, 15) is 8.42 Å². The van der Waals surface area contributed by atoms with Gasteiger partial charge in [-0.25, -0.2) is 12.7 Å². The van der Waals surface area contributed by atoms with Crippen LogP contribution >= 0.6 is 35.3 Å². The number of guanidine groups is 1. The minimum absolute atomic E-state index is 0. The molecule has 1 fully saturated rings. The van der Waals surface area contributed by atoms with Crippen LogP contribution in [-0.2, 0) is 16.6 Å². The van der Waals surface area contributed by atoms with Crippen LogP contribution in [0.4, 0.5) is 0 Å². The van der Waals surface area contributed by atoms with Crippen LogP contribution < -0.4 is 10.6 Å². The maximum Gasteiger partial charge on any atom is 0.252 e. The third-order valence-electron chi connectivity index (χ3n) is 4.83. The Balaban J connectivity index is 0.00000364. The van der Waals surface area contributed by atoms with Crippen LogP contribution in [0.1, 0.15) is 49.8 Å². The van der Waals surface area contributed by atoms with Crippen molar-refractivity contribution < 1.29 is 8.42 Å². The first-order chi connectivity index (χ1) is 12.4. The topological polar surface area (TPSA) is 73.8 Å². The number of nitrogens with one attached hydrogen (secondary N) is 2. The van der Waals surface area contributed by atoms with Crippen molar-refractivity contribution in [3.8, 4) is 0 Å². The molecule has 0 radical (unpaired) electrons. The van der Waals surface area contributed by atoms with Gasteiger partial charge in [0.2, 0.25) is 0 Å². The highest BCUT2D eigenvalue weighted by Crippen LogP contribution is 2.27. The Bertz CT molecular complexity index is 683.